The van der Waals surface area contributed by atoms with Crippen LogP contribution in [0.1, 0.15) is 67.5 Å². The zero-order valence-electron chi connectivity index (χ0n) is 15.0. The second kappa shape index (κ2) is 7.47. The Morgan fingerprint density at radius 1 is 1.44 bits per heavy atom. The molecule has 8 nitrogen and oxygen atoms in total. The summed E-state index contributed by atoms with van der Waals surface area (Å²) in [5, 5.41) is 13.9. The Kier molecular flexibility index (Phi) is 5.05. The minimum atomic E-state index is -0.492. The van der Waals surface area contributed by atoms with Gasteiger partial charge in [-0.05, 0) is 47.3 Å². The predicted octanol–water partition coefficient (Wildman–Crippen LogP) is 3.10. The van der Waals surface area contributed by atoms with Gasteiger partial charge in [-0.25, -0.2) is 4.68 Å². The third-order valence-corrected chi connectivity index (χ3v) is 5.22. The normalized spacial score (nSPS) is 22.5. The van der Waals surface area contributed by atoms with E-state index in [1.54, 1.807) is 16.8 Å². The van der Waals surface area contributed by atoms with Crippen molar-refractivity contribution in [1.29, 1.82) is 0 Å². The maximum absolute atomic E-state index is 12.5. The lowest BCUT2D eigenvalue weighted by molar-refractivity contribution is -0.125. The summed E-state index contributed by atoms with van der Waals surface area (Å²) in [6.07, 6.45) is 4.04. The van der Waals surface area contributed by atoms with Crippen LogP contribution in [0.25, 0.3) is 0 Å². The molecule has 144 valence electrons. The molecule has 3 heterocycles. The lowest BCUT2D eigenvalue weighted by Crippen LogP contribution is -2.53. The van der Waals surface area contributed by atoms with Crippen LogP contribution in [-0.4, -0.2) is 27.6 Å². The van der Waals surface area contributed by atoms with Crippen molar-refractivity contribution in [2.75, 3.05) is 5.32 Å². The maximum Gasteiger partial charge on any atom is 0.292 e. The van der Waals surface area contributed by atoms with Crippen molar-refractivity contribution in [3.63, 3.8) is 0 Å². The van der Waals surface area contributed by atoms with E-state index < -0.39 is 6.29 Å². The van der Waals surface area contributed by atoms with Crippen molar-refractivity contribution < 1.29 is 14.0 Å². The third-order valence-electron chi connectivity index (χ3n) is 4.79. The molecule has 27 heavy (non-hydrogen) atoms. The first kappa shape index (κ1) is 18.2. The number of carbonyl (C=O) groups excluding carboxylic acids is 2. The molecule has 3 N–H and O–H groups in total. The number of nitrogens with zero attached hydrogens (tertiary/aromatic N) is 2. The Balaban J connectivity index is 1.59. The van der Waals surface area contributed by atoms with Crippen molar-refractivity contribution in [2.24, 2.45) is 0 Å². The topological polar surface area (TPSA) is 101 Å². The molecule has 1 aliphatic carbocycles. The average molecular weight is 436 g/mol. The van der Waals surface area contributed by atoms with E-state index in [-0.39, 0.29) is 23.6 Å². The van der Waals surface area contributed by atoms with Crippen LogP contribution in [0.5, 0.6) is 0 Å². The summed E-state index contributed by atoms with van der Waals surface area (Å²) in [7, 11) is 0. The SMILES string of the molecule is CCCC1CC(=O)NC(n2nc(C3CC3)cc2NC(=O)c2ccc(Br)o2)N1. The number of nitrogens with one attached hydrogen (secondary N) is 3. The van der Waals surface area contributed by atoms with E-state index in [1.165, 1.54) is 0 Å². The van der Waals surface area contributed by atoms with Gasteiger partial charge in [-0.2, -0.15) is 5.10 Å². The zero-order valence-corrected chi connectivity index (χ0v) is 16.6. The first-order valence-corrected chi connectivity index (χ1v) is 10.0. The average Bonchev–Trinajstić information content (AvgIpc) is 3.25. The Labute approximate surface area is 165 Å². The van der Waals surface area contributed by atoms with Gasteiger partial charge in [0.25, 0.3) is 5.91 Å². The van der Waals surface area contributed by atoms with E-state index in [0.717, 1.165) is 31.4 Å². The van der Waals surface area contributed by atoms with Crippen molar-refractivity contribution >= 4 is 33.6 Å². The van der Waals surface area contributed by atoms with E-state index in [2.05, 4.69) is 43.9 Å². The van der Waals surface area contributed by atoms with Crippen LogP contribution < -0.4 is 16.0 Å². The van der Waals surface area contributed by atoms with Crippen LogP contribution >= 0.6 is 15.9 Å². The minimum absolute atomic E-state index is 0.0205. The highest BCUT2D eigenvalue weighted by atomic mass is 79.9. The Morgan fingerprint density at radius 3 is 2.93 bits per heavy atom. The predicted molar refractivity (Wildman–Crippen MR) is 102 cm³/mol. The molecular formula is C18H22BrN5O3. The molecule has 2 fully saturated rings. The quantitative estimate of drug-likeness (QED) is 0.646. The fraction of sp³-hybridized carbons (Fsp3) is 0.500. The number of amides is 2. The number of halogens is 1. The van der Waals surface area contributed by atoms with Crippen LogP contribution in [0.3, 0.4) is 0 Å². The first-order valence-electron chi connectivity index (χ1n) is 9.25. The van der Waals surface area contributed by atoms with Crippen LogP contribution in [0.15, 0.2) is 27.3 Å². The molecular weight excluding hydrogens is 414 g/mol. The fourth-order valence-electron chi connectivity index (χ4n) is 3.32. The van der Waals surface area contributed by atoms with Gasteiger partial charge in [-0.3, -0.25) is 14.9 Å². The molecule has 2 aromatic rings. The number of hydrogen-bond acceptors (Lipinski definition) is 5. The summed E-state index contributed by atoms with van der Waals surface area (Å²) in [4.78, 5) is 24.7. The van der Waals surface area contributed by atoms with Crippen LogP contribution in [-0.2, 0) is 4.79 Å². The highest BCUT2D eigenvalue weighted by molar-refractivity contribution is 9.10. The van der Waals surface area contributed by atoms with Gasteiger partial charge in [0.2, 0.25) is 5.91 Å². The lowest BCUT2D eigenvalue weighted by Gasteiger charge is -2.32. The third kappa shape index (κ3) is 4.08. The molecule has 2 atom stereocenters. The molecule has 0 bridgehead atoms. The van der Waals surface area contributed by atoms with Gasteiger partial charge in [0, 0.05) is 24.4 Å². The van der Waals surface area contributed by atoms with E-state index in [4.69, 9.17) is 4.42 Å². The zero-order chi connectivity index (χ0) is 19.0. The van der Waals surface area contributed by atoms with Gasteiger partial charge in [-0.1, -0.05) is 13.3 Å². The number of carbonyl (C=O) groups is 2. The Morgan fingerprint density at radius 2 is 2.26 bits per heavy atom. The van der Waals surface area contributed by atoms with Crippen molar-refractivity contribution in [2.45, 2.75) is 57.3 Å². The number of rotatable bonds is 6. The highest BCUT2D eigenvalue weighted by Crippen LogP contribution is 2.40. The second-order valence-electron chi connectivity index (χ2n) is 7.06. The van der Waals surface area contributed by atoms with E-state index in [0.29, 0.717) is 22.8 Å². The maximum atomic E-state index is 12.5. The van der Waals surface area contributed by atoms with E-state index in [9.17, 15) is 9.59 Å². The molecule has 1 saturated heterocycles. The Hall–Kier alpha value is -2.13. The summed E-state index contributed by atoms with van der Waals surface area (Å²) < 4.78 is 7.47. The van der Waals surface area contributed by atoms with E-state index >= 15 is 0 Å². The standard InChI is InChI=1S/C18H22BrN5O3/c1-2-3-11-8-16(25)22-18(20-11)24-15(9-12(23-24)10-4-5-10)21-17(26)13-6-7-14(19)27-13/h6-7,9-11,18,20H,2-5,8H2,1H3,(H,21,26)(H,22,25). The van der Waals surface area contributed by atoms with Crippen LogP contribution in [0.4, 0.5) is 5.82 Å². The van der Waals surface area contributed by atoms with Gasteiger partial charge >= 0.3 is 0 Å². The van der Waals surface area contributed by atoms with Gasteiger partial charge in [0.15, 0.2) is 16.7 Å². The molecule has 1 aliphatic heterocycles. The fourth-order valence-corrected chi connectivity index (χ4v) is 3.63. The molecule has 0 radical (unpaired) electrons. The summed E-state index contributed by atoms with van der Waals surface area (Å²) in [6, 6.07) is 5.23. The molecule has 1 saturated carbocycles. The molecule has 2 aromatic heterocycles. The van der Waals surface area contributed by atoms with Gasteiger partial charge in [0.1, 0.15) is 5.82 Å². The smallest absolute Gasteiger partial charge is 0.292 e. The van der Waals surface area contributed by atoms with Crippen molar-refractivity contribution in [3.05, 3.63) is 34.3 Å². The highest BCUT2D eigenvalue weighted by Gasteiger charge is 2.32. The largest absolute Gasteiger partial charge is 0.444 e. The molecule has 2 unspecified atom stereocenters. The molecule has 9 heteroatoms. The van der Waals surface area contributed by atoms with Crippen LogP contribution in [0.2, 0.25) is 0 Å². The molecule has 0 spiro atoms. The molecule has 0 aromatic carbocycles. The summed E-state index contributed by atoms with van der Waals surface area (Å²) >= 11 is 3.20. The number of aromatic nitrogens is 2. The number of furan rings is 1. The van der Waals surface area contributed by atoms with Gasteiger partial charge < -0.3 is 15.1 Å². The Bertz CT molecular complexity index is 857. The first-order chi connectivity index (χ1) is 13.0. The second-order valence-corrected chi connectivity index (χ2v) is 7.84. The van der Waals surface area contributed by atoms with E-state index in [1.807, 2.05) is 6.07 Å². The van der Waals surface area contributed by atoms with Gasteiger partial charge in [-0.15, -0.1) is 0 Å². The summed E-state index contributed by atoms with van der Waals surface area (Å²) in [5.74, 6) is 0.770. The summed E-state index contributed by atoms with van der Waals surface area (Å²) in [6.45, 7) is 2.09. The van der Waals surface area contributed by atoms with Crippen molar-refractivity contribution in [3.8, 4) is 0 Å². The lowest BCUT2D eigenvalue weighted by atomic mass is 10.1. The molecule has 2 aliphatic rings. The van der Waals surface area contributed by atoms with Crippen molar-refractivity contribution in [1.82, 2.24) is 20.4 Å². The summed E-state index contributed by atoms with van der Waals surface area (Å²) in [5.41, 5.74) is 0.930. The number of anilines is 1. The molecule has 2 amide bonds. The monoisotopic (exact) mass is 435 g/mol. The van der Waals surface area contributed by atoms with Crippen LogP contribution in [0, 0.1) is 0 Å². The molecule has 4 rings (SSSR count). The minimum Gasteiger partial charge on any atom is -0.444 e. The number of hydrogen-bond donors (Lipinski definition) is 3. The van der Waals surface area contributed by atoms with Gasteiger partial charge in [0.05, 0.1) is 5.69 Å².